The van der Waals surface area contributed by atoms with E-state index in [0.29, 0.717) is 26.3 Å². The first-order valence-corrected chi connectivity index (χ1v) is 8.87. The first-order valence-electron chi connectivity index (χ1n) is 8.87. The molecule has 2 aliphatic rings. The van der Waals surface area contributed by atoms with Gasteiger partial charge in [-0.1, -0.05) is 0 Å². The molecule has 2 rings (SSSR count). The molecule has 4 atom stereocenters. The Labute approximate surface area is 149 Å². The van der Waals surface area contributed by atoms with Crippen LogP contribution in [0.15, 0.2) is 0 Å². The summed E-state index contributed by atoms with van der Waals surface area (Å²) in [5.74, 6) is 0. The number of aliphatic hydroxyl groups is 3. The van der Waals surface area contributed by atoms with E-state index in [2.05, 4.69) is 0 Å². The number of ether oxygens (including phenoxy) is 2. The van der Waals surface area contributed by atoms with Crippen molar-refractivity contribution in [3.63, 3.8) is 0 Å². The van der Waals surface area contributed by atoms with Gasteiger partial charge in [0.2, 0.25) is 0 Å². The fourth-order valence-corrected chi connectivity index (χ4v) is 3.37. The summed E-state index contributed by atoms with van der Waals surface area (Å²) >= 11 is 0. The van der Waals surface area contributed by atoms with E-state index < -0.39 is 35.5 Å². The molecule has 0 radical (unpaired) electrons. The van der Waals surface area contributed by atoms with E-state index in [9.17, 15) is 20.1 Å². The minimum absolute atomic E-state index is 0.182. The highest BCUT2D eigenvalue weighted by Crippen LogP contribution is 2.33. The fourth-order valence-electron chi connectivity index (χ4n) is 3.37. The zero-order valence-electron chi connectivity index (χ0n) is 15.6. The molecule has 8 heteroatoms. The molecule has 0 aromatic heterocycles. The highest BCUT2D eigenvalue weighted by Gasteiger charge is 2.50. The lowest BCUT2D eigenvalue weighted by molar-refractivity contribution is -0.191. The quantitative estimate of drug-likeness (QED) is 0.640. The predicted octanol–water partition coefficient (Wildman–Crippen LogP) is -0.199. The predicted molar refractivity (Wildman–Crippen MR) is 91.2 cm³/mol. The van der Waals surface area contributed by atoms with Crippen molar-refractivity contribution in [2.45, 2.75) is 63.1 Å². The van der Waals surface area contributed by atoms with Crippen LogP contribution in [-0.4, -0.2) is 101 Å². The van der Waals surface area contributed by atoms with Gasteiger partial charge in [-0.05, 0) is 33.6 Å². The summed E-state index contributed by atoms with van der Waals surface area (Å²) < 4.78 is 10.6. The topological polar surface area (TPSA) is 103 Å². The summed E-state index contributed by atoms with van der Waals surface area (Å²) in [4.78, 5) is 15.6. The van der Waals surface area contributed by atoms with Crippen molar-refractivity contribution < 1.29 is 29.6 Å². The Hall–Kier alpha value is -0.930. The van der Waals surface area contributed by atoms with Gasteiger partial charge in [-0.15, -0.1) is 0 Å². The zero-order valence-corrected chi connectivity index (χ0v) is 15.6. The number of aliphatic hydroxyl groups excluding tert-OH is 2. The highest BCUT2D eigenvalue weighted by molar-refractivity contribution is 5.68. The second-order valence-electron chi connectivity index (χ2n) is 8.13. The Balaban J connectivity index is 1.99. The van der Waals surface area contributed by atoms with Crippen molar-refractivity contribution in [2.75, 3.05) is 39.9 Å². The van der Waals surface area contributed by atoms with Crippen molar-refractivity contribution in [3.8, 4) is 0 Å². The summed E-state index contributed by atoms with van der Waals surface area (Å²) in [6.07, 6.45) is -2.39. The van der Waals surface area contributed by atoms with Gasteiger partial charge in [0.25, 0.3) is 0 Å². The van der Waals surface area contributed by atoms with Gasteiger partial charge in [0.15, 0.2) is 0 Å². The van der Waals surface area contributed by atoms with Gasteiger partial charge in [0, 0.05) is 32.7 Å². The van der Waals surface area contributed by atoms with Crippen LogP contribution in [0.25, 0.3) is 0 Å². The number of nitrogens with zero attached hydrogens (tertiary/aromatic N) is 2. The Morgan fingerprint density at radius 1 is 1.24 bits per heavy atom. The Morgan fingerprint density at radius 2 is 1.76 bits per heavy atom. The monoisotopic (exact) mass is 360 g/mol. The van der Waals surface area contributed by atoms with Crippen LogP contribution in [-0.2, 0) is 9.47 Å². The smallest absolute Gasteiger partial charge is 0.410 e. The number of amides is 1. The van der Waals surface area contributed by atoms with E-state index in [-0.39, 0.29) is 19.4 Å². The number of carbonyl (C=O) groups excluding carboxylic acids is 1. The molecule has 1 heterocycles. The summed E-state index contributed by atoms with van der Waals surface area (Å²) in [6.45, 7) is 7.99. The van der Waals surface area contributed by atoms with Crippen molar-refractivity contribution in [1.29, 1.82) is 0 Å². The van der Waals surface area contributed by atoms with Crippen LogP contribution in [0, 0.1) is 0 Å². The van der Waals surface area contributed by atoms with Gasteiger partial charge in [0.1, 0.15) is 11.2 Å². The number of morpholine rings is 1. The molecule has 0 bridgehead atoms. The van der Waals surface area contributed by atoms with Crippen molar-refractivity contribution in [3.05, 3.63) is 0 Å². The second kappa shape index (κ2) is 7.75. The van der Waals surface area contributed by atoms with Gasteiger partial charge in [-0.25, -0.2) is 4.79 Å². The molecule has 0 aromatic rings. The van der Waals surface area contributed by atoms with Gasteiger partial charge < -0.3 is 29.7 Å². The number of hydrogen-bond donors (Lipinski definition) is 3. The van der Waals surface area contributed by atoms with Crippen LogP contribution in [0.1, 0.15) is 33.6 Å². The summed E-state index contributed by atoms with van der Waals surface area (Å²) in [5, 5.41) is 31.9. The lowest BCUT2D eigenvalue weighted by Gasteiger charge is -2.48. The Bertz CT molecular complexity index is 449. The molecule has 8 nitrogen and oxygen atoms in total. The molecule has 1 saturated heterocycles. The third-order valence-electron chi connectivity index (χ3n) is 4.95. The Kier molecular flexibility index (Phi) is 6.32. The summed E-state index contributed by atoms with van der Waals surface area (Å²) in [6, 6.07) is -0.398. The summed E-state index contributed by atoms with van der Waals surface area (Å²) in [5.41, 5.74) is -2.23. The van der Waals surface area contributed by atoms with Crippen LogP contribution < -0.4 is 0 Å². The number of rotatable bonds is 3. The minimum Gasteiger partial charge on any atom is -0.444 e. The lowest BCUT2D eigenvalue weighted by atomic mass is 9.76. The van der Waals surface area contributed by atoms with E-state index >= 15 is 0 Å². The molecule has 1 amide bonds. The molecule has 25 heavy (non-hydrogen) atoms. The molecule has 1 aliphatic heterocycles. The van der Waals surface area contributed by atoms with Gasteiger partial charge in [-0.3, -0.25) is 4.90 Å². The van der Waals surface area contributed by atoms with Gasteiger partial charge >= 0.3 is 6.09 Å². The fraction of sp³-hybridized carbons (Fsp3) is 0.941. The largest absolute Gasteiger partial charge is 0.444 e. The van der Waals surface area contributed by atoms with Crippen LogP contribution in [0.3, 0.4) is 0 Å². The molecule has 2 fully saturated rings. The molecule has 2 unspecified atom stereocenters. The van der Waals surface area contributed by atoms with Gasteiger partial charge in [-0.2, -0.15) is 0 Å². The maximum Gasteiger partial charge on any atom is 0.410 e. The van der Waals surface area contributed by atoms with Gasteiger partial charge in [0.05, 0.1) is 25.4 Å². The molecule has 0 spiro atoms. The number of hydrogen-bond acceptors (Lipinski definition) is 7. The van der Waals surface area contributed by atoms with E-state index in [1.807, 2.05) is 4.90 Å². The van der Waals surface area contributed by atoms with Crippen molar-refractivity contribution in [2.24, 2.45) is 0 Å². The lowest BCUT2D eigenvalue weighted by Crippen LogP contribution is -2.65. The van der Waals surface area contributed by atoms with Crippen LogP contribution in [0.2, 0.25) is 0 Å². The summed E-state index contributed by atoms with van der Waals surface area (Å²) in [7, 11) is 1.59. The molecule has 146 valence electrons. The van der Waals surface area contributed by atoms with E-state index in [0.717, 1.165) is 0 Å². The standard InChI is InChI=1S/C17H32N2O6/c1-16(2,3)25-15(22)18(4)12-9-13(20)17(23,14(21)10-12)11-19-5-7-24-8-6-19/h12-14,20-21,23H,5-11H2,1-4H3/t12?,13-,14+,17?. The third kappa shape index (κ3) is 5.04. The van der Waals surface area contributed by atoms with Crippen LogP contribution >= 0.6 is 0 Å². The first-order chi connectivity index (χ1) is 11.5. The highest BCUT2D eigenvalue weighted by atomic mass is 16.6. The first kappa shape index (κ1) is 20.4. The number of carbonyl (C=O) groups is 1. The van der Waals surface area contributed by atoms with E-state index in [1.54, 1.807) is 27.8 Å². The molecule has 1 aliphatic carbocycles. The molecule has 1 saturated carbocycles. The SMILES string of the molecule is CN(C(=O)OC(C)(C)C)C1C[C@@H](O)C(O)(CN2CCOCC2)[C@@H](O)C1. The maximum atomic E-state index is 12.2. The average Bonchev–Trinajstić information content (AvgIpc) is 2.51. The normalized spacial score (nSPS) is 34.6. The average molecular weight is 360 g/mol. The second-order valence-corrected chi connectivity index (χ2v) is 8.13. The van der Waals surface area contributed by atoms with Crippen molar-refractivity contribution >= 4 is 6.09 Å². The Morgan fingerprint density at radius 3 is 2.24 bits per heavy atom. The molecular formula is C17H32N2O6. The molecule has 0 aromatic carbocycles. The molecular weight excluding hydrogens is 328 g/mol. The third-order valence-corrected chi connectivity index (χ3v) is 4.95. The van der Waals surface area contributed by atoms with E-state index in [4.69, 9.17) is 9.47 Å². The van der Waals surface area contributed by atoms with Crippen LogP contribution in [0.4, 0.5) is 4.79 Å². The van der Waals surface area contributed by atoms with E-state index in [1.165, 1.54) is 4.90 Å². The maximum absolute atomic E-state index is 12.2. The minimum atomic E-state index is -1.61. The molecule has 3 N–H and O–H groups in total. The van der Waals surface area contributed by atoms with Crippen LogP contribution in [0.5, 0.6) is 0 Å². The number of β-amino-alcohol motifs (C(OH)–C–C–N with tert-alkyl or cyclic N) is 1. The zero-order chi connectivity index (χ0) is 18.8. The van der Waals surface area contributed by atoms with Crippen molar-refractivity contribution in [1.82, 2.24) is 9.80 Å².